The Morgan fingerprint density at radius 2 is 1.90 bits per heavy atom. The lowest BCUT2D eigenvalue weighted by atomic mass is 9.98. The molecule has 0 radical (unpaired) electrons. The number of hydrogen-bond donors (Lipinski definition) is 2. The molecule has 4 nitrogen and oxygen atoms in total. The molecule has 0 saturated heterocycles. The van der Waals surface area contributed by atoms with E-state index in [0.29, 0.717) is 0 Å². The molecule has 21 heavy (non-hydrogen) atoms. The van der Waals surface area contributed by atoms with Crippen LogP contribution in [0.1, 0.15) is 28.9 Å². The van der Waals surface area contributed by atoms with Crippen LogP contribution in [-0.4, -0.2) is 32.3 Å². The van der Waals surface area contributed by atoms with Crippen molar-refractivity contribution in [1.82, 2.24) is 0 Å². The smallest absolute Gasteiger partial charge is 0.446 e. The highest BCUT2D eigenvalue weighted by Crippen LogP contribution is 2.38. The van der Waals surface area contributed by atoms with E-state index in [1.54, 1.807) is 0 Å². The Morgan fingerprint density at radius 1 is 1.33 bits per heavy atom. The van der Waals surface area contributed by atoms with E-state index in [1.807, 2.05) is 0 Å². The largest absolute Gasteiger partial charge is 0.479 e. The molecule has 1 aromatic carbocycles. The van der Waals surface area contributed by atoms with E-state index >= 15 is 0 Å². The van der Waals surface area contributed by atoms with E-state index in [4.69, 9.17) is 5.11 Å². The third-order valence-electron chi connectivity index (χ3n) is 2.41. The number of benzene rings is 1. The molecule has 1 aromatic rings. The molecule has 0 aliphatic carbocycles. The molecule has 0 heterocycles. The van der Waals surface area contributed by atoms with E-state index in [9.17, 15) is 27.9 Å². The first-order valence-corrected chi connectivity index (χ1v) is 7.25. The molecule has 2 N–H and O–H groups in total. The number of aliphatic hydroxyl groups is 1. The summed E-state index contributed by atoms with van der Waals surface area (Å²) in [7, 11) is 0. The molecule has 0 aromatic heterocycles. The number of carbonyl (C=O) groups is 2. The molecular formula is C12H10BrF3O4S. The Kier molecular flexibility index (Phi) is 5.83. The van der Waals surface area contributed by atoms with Crippen LogP contribution in [-0.2, 0) is 4.79 Å². The van der Waals surface area contributed by atoms with Gasteiger partial charge in [0.2, 0.25) is 0 Å². The van der Waals surface area contributed by atoms with Gasteiger partial charge in [0, 0.05) is 16.0 Å². The van der Waals surface area contributed by atoms with Crippen LogP contribution in [0.15, 0.2) is 23.1 Å². The lowest BCUT2D eigenvalue weighted by molar-refractivity contribution is -0.146. The number of alkyl halides is 4. The van der Waals surface area contributed by atoms with Gasteiger partial charge in [0.25, 0.3) is 0 Å². The van der Waals surface area contributed by atoms with Gasteiger partial charge < -0.3 is 10.2 Å². The molecule has 0 amide bonds. The van der Waals surface area contributed by atoms with Gasteiger partial charge in [-0.05, 0) is 30.8 Å². The van der Waals surface area contributed by atoms with Gasteiger partial charge in [-0.3, -0.25) is 4.79 Å². The lowest BCUT2D eigenvalue weighted by Gasteiger charge is -2.15. The van der Waals surface area contributed by atoms with Gasteiger partial charge in [0.1, 0.15) is 0 Å². The van der Waals surface area contributed by atoms with Crippen molar-refractivity contribution in [2.75, 3.05) is 0 Å². The molecule has 0 aliphatic heterocycles. The van der Waals surface area contributed by atoms with Gasteiger partial charge in [0.05, 0.1) is 4.83 Å². The maximum Gasteiger partial charge on any atom is 0.446 e. The first-order valence-electron chi connectivity index (χ1n) is 5.51. The van der Waals surface area contributed by atoms with Gasteiger partial charge in [-0.25, -0.2) is 4.79 Å². The number of carbonyl (C=O) groups excluding carboxylic acids is 1. The minimum absolute atomic E-state index is 0.245. The molecule has 0 aliphatic rings. The predicted molar refractivity (Wildman–Crippen MR) is 73.7 cm³/mol. The second-order valence-electron chi connectivity index (χ2n) is 4.02. The predicted octanol–water partition coefficient (Wildman–Crippen LogP) is 3.38. The number of ketones is 1. The van der Waals surface area contributed by atoms with E-state index < -0.39 is 40.0 Å². The first-order chi connectivity index (χ1) is 9.53. The minimum Gasteiger partial charge on any atom is -0.479 e. The van der Waals surface area contributed by atoms with Crippen molar-refractivity contribution in [3.8, 4) is 0 Å². The maximum atomic E-state index is 12.3. The van der Waals surface area contributed by atoms with Crippen molar-refractivity contribution >= 4 is 39.4 Å². The summed E-state index contributed by atoms with van der Waals surface area (Å²) in [6.07, 6.45) is -1.99. The monoisotopic (exact) mass is 386 g/mol. The normalized spacial score (nSPS) is 14.6. The Bertz CT molecular complexity index is 560. The van der Waals surface area contributed by atoms with Crippen LogP contribution in [0.3, 0.4) is 0 Å². The van der Waals surface area contributed by atoms with Crippen LogP contribution >= 0.6 is 27.7 Å². The third-order valence-corrected chi connectivity index (χ3v) is 3.55. The molecule has 0 saturated carbocycles. The second-order valence-corrected chi connectivity index (χ2v) is 6.53. The second kappa shape index (κ2) is 6.80. The zero-order valence-electron chi connectivity index (χ0n) is 10.5. The Hall–Kier alpha value is -1.06. The number of carboxylic acids is 1. The van der Waals surface area contributed by atoms with Crippen LogP contribution in [0, 0.1) is 0 Å². The summed E-state index contributed by atoms with van der Waals surface area (Å²) in [6, 6.07) is 2.95. The van der Waals surface area contributed by atoms with Gasteiger partial charge in [-0.15, -0.1) is 0 Å². The van der Waals surface area contributed by atoms with Crippen LogP contribution in [0.25, 0.3) is 0 Å². The SMILES string of the molecule is CC(Br)C(=O)c1cc(SC(F)(F)F)ccc1C(O)C(=O)O. The average Bonchev–Trinajstić information content (AvgIpc) is 2.34. The van der Waals surface area contributed by atoms with Crippen LogP contribution in [0.2, 0.25) is 0 Å². The fourth-order valence-electron chi connectivity index (χ4n) is 1.53. The third kappa shape index (κ3) is 5.01. The van der Waals surface area contributed by atoms with Crippen molar-refractivity contribution in [2.45, 2.75) is 28.3 Å². The van der Waals surface area contributed by atoms with E-state index in [-0.39, 0.29) is 16.0 Å². The fraction of sp³-hybridized carbons (Fsp3) is 0.333. The number of halogens is 4. The number of thioether (sulfide) groups is 1. The molecule has 2 unspecified atom stereocenters. The zero-order chi connectivity index (χ0) is 16.4. The highest BCUT2D eigenvalue weighted by atomic mass is 79.9. The summed E-state index contributed by atoms with van der Waals surface area (Å²) in [4.78, 5) is 21.8. The highest BCUT2D eigenvalue weighted by Gasteiger charge is 2.31. The van der Waals surface area contributed by atoms with E-state index in [0.717, 1.165) is 18.2 Å². The Labute approximate surface area is 130 Å². The highest BCUT2D eigenvalue weighted by molar-refractivity contribution is 9.10. The van der Waals surface area contributed by atoms with Crippen molar-refractivity contribution in [1.29, 1.82) is 0 Å². The standard InChI is InChI=1S/C12H10BrF3O4S/c1-5(13)9(17)8-4-6(21-12(14,15)16)2-3-7(8)10(18)11(19)20/h2-5,10,18H,1H3,(H,19,20). The molecule has 116 valence electrons. The van der Waals surface area contributed by atoms with Gasteiger partial charge in [-0.1, -0.05) is 22.0 Å². The number of aliphatic carboxylic acids is 1. The summed E-state index contributed by atoms with van der Waals surface area (Å²) in [5.41, 5.74) is -5.04. The van der Waals surface area contributed by atoms with E-state index in [2.05, 4.69) is 15.9 Å². The molecule has 0 bridgehead atoms. The number of Topliss-reactive ketones (excluding diaryl/α,β-unsaturated/α-hetero) is 1. The van der Waals surface area contributed by atoms with Crippen molar-refractivity contribution < 1.29 is 33.0 Å². The summed E-state index contributed by atoms with van der Waals surface area (Å²) in [6.45, 7) is 1.45. The number of hydrogen-bond acceptors (Lipinski definition) is 4. The van der Waals surface area contributed by atoms with Crippen molar-refractivity contribution in [3.05, 3.63) is 29.3 Å². The molecule has 9 heteroatoms. The van der Waals surface area contributed by atoms with Crippen LogP contribution in [0.5, 0.6) is 0 Å². The summed E-state index contributed by atoms with van der Waals surface area (Å²) < 4.78 is 37.0. The van der Waals surface area contributed by atoms with Crippen molar-refractivity contribution in [3.63, 3.8) is 0 Å². The minimum atomic E-state index is -4.53. The maximum absolute atomic E-state index is 12.3. The molecule has 0 fully saturated rings. The number of carboxylic acid groups (broad SMARTS) is 1. The topological polar surface area (TPSA) is 74.6 Å². The van der Waals surface area contributed by atoms with E-state index in [1.165, 1.54) is 6.92 Å². The average molecular weight is 387 g/mol. The first kappa shape index (κ1) is 18.0. The summed E-state index contributed by atoms with van der Waals surface area (Å²) >= 11 is 2.55. The molecule has 0 spiro atoms. The van der Waals surface area contributed by atoms with Gasteiger partial charge >= 0.3 is 11.5 Å². The fourth-order valence-corrected chi connectivity index (χ4v) is 2.36. The quantitative estimate of drug-likeness (QED) is 0.460. The van der Waals surface area contributed by atoms with Crippen LogP contribution in [0.4, 0.5) is 13.2 Å². The van der Waals surface area contributed by atoms with Crippen LogP contribution < -0.4 is 0 Å². The number of aliphatic hydroxyl groups excluding tert-OH is 1. The molecular weight excluding hydrogens is 377 g/mol. The molecule has 2 atom stereocenters. The summed E-state index contributed by atoms with van der Waals surface area (Å²) in [5, 5.41) is 18.3. The molecule has 1 rings (SSSR count). The Morgan fingerprint density at radius 3 is 2.33 bits per heavy atom. The summed E-state index contributed by atoms with van der Waals surface area (Å²) in [5.74, 6) is -2.21. The Balaban J connectivity index is 3.33. The van der Waals surface area contributed by atoms with Gasteiger partial charge in [0.15, 0.2) is 11.9 Å². The number of rotatable bonds is 5. The van der Waals surface area contributed by atoms with Crippen molar-refractivity contribution in [2.24, 2.45) is 0 Å². The van der Waals surface area contributed by atoms with Gasteiger partial charge in [-0.2, -0.15) is 13.2 Å². The zero-order valence-corrected chi connectivity index (χ0v) is 12.9. The lowest BCUT2D eigenvalue weighted by Crippen LogP contribution is -2.18.